The van der Waals surface area contributed by atoms with Crippen LogP contribution in [0.25, 0.3) is 0 Å². The van der Waals surface area contributed by atoms with Crippen molar-refractivity contribution >= 4 is 34.7 Å². The number of rotatable bonds is 5. The van der Waals surface area contributed by atoms with Crippen LogP contribution in [0.2, 0.25) is 0 Å². The van der Waals surface area contributed by atoms with Gasteiger partial charge in [-0.25, -0.2) is 0 Å². The van der Waals surface area contributed by atoms with Crippen molar-refractivity contribution in [3.05, 3.63) is 10.9 Å². The van der Waals surface area contributed by atoms with E-state index >= 15 is 0 Å². The fourth-order valence-corrected chi connectivity index (χ4v) is 6.78. The molecule has 3 atom stereocenters. The van der Waals surface area contributed by atoms with Crippen molar-refractivity contribution in [3.63, 3.8) is 0 Å². The molecule has 2 aliphatic carbocycles. The summed E-state index contributed by atoms with van der Waals surface area (Å²) in [5, 5.41) is 6.87. The second-order valence-electron chi connectivity index (χ2n) is 7.25. The number of anilines is 1. The van der Waals surface area contributed by atoms with E-state index in [1.807, 2.05) is 11.3 Å². The Bertz CT molecular complexity index is 625. The van der Waals surface area contributed by atoms with Gasteiger partial charge in [0.1, 0.15) is 0 Å². The number of hydrogen-bond donors (Lipinski definition) is 2. The molecule has 1 spiro atoms. The van der Waals surface area contributed by atoms with Crippen molar-refractivity contribution in [2.45, 2.75) is 68.3 Å². The molecule has 1 amide bonds. The standard InChI is InChI=1S/C18H26N2O2S2/c1-3-22-15-9-14(18(15)6-4-5-7-18)19-11(2)13-8-12-17(24-13)23-10-16(21)20-12/h8,11,14-15,19H,3-7,9-10H2,1-2H3,(H,20,21)/t11-,14-,15-/m1/s1. The average Bonchev–Trinajstić information content (AvgIpc) is 3.21. The maximum atomic E-state index is 11.5. The summed E-state index contributed by atoms with van der Waals surface area (Å²) < 4.78 is 7.27. The Hall–Kier alpha value is -0.560. The molecule has 4 nitrogen and oxygen atoms in total. The highest BCUT2D eigenvalue weighted by molar-refractivity contribution is 8.02. The van der Waals surface area contributed by atoms with Gasteiger partial charge in [0, 0.05) is 29.0 Å². The predicted molar refractivity (Wildman–Crippen MR) is 99.9 cm³/mol. The molecule has 3 aliphatic rings. The SMILES string of the molecule is CCO[C@@H]1C[C@@H](N[C@H](C)c2cc3c(s2)SCC(=O)N3)C12CCCC2. The Balaban J connectivity index is 1.45. The minimum Gasteiger partial charge on any atom is -0.378 e. The fourth-order valence-electron chi connectivity index (χ4n) is 4.62. The Morgan fingerprint density at radius 2 is 2.25 bits per heavy atom. The summed E-state index contributed by atoms with van der Waals surface area (Å²) >= 11 is 3.48. The van der Waals surface area contributed by atoms with Gasteiger partial charge in [-0.05, 0) is 39.2 Å². The van der Waals surface area contributed by atoms with Gasteiger partial charge in [0.15, 0.2) is 0 Å². The minimum atomic E-state index is 0.112. The molecule has 132 valence electrons. The minimum absolute atomic E-state index is 0.112. The van der Waals surface area contributed by atoms with Crippen LogP contribution in [0.3, 0.4) is 0 Å². The van der Waals surface area contributed by atoms with Gasteiger partial charge < -0.3 is 15.4 Å². The van der Waals surface area contributed by atoms with E-state index in [2.05, 4.69) is 30.5 Å². The van der Waals surface area contributed by atoms with Gasteiger partial charge in [-0.2, -0.15) is 0 Å². The van der Waals surface area contributed by atoms with Gasteiger partial charge >= 0.3 is 0 Å². The summed E-state index contributed by atoms with van der Waals surface area (Å²) in [6, 6.07) is 3.04. The van der Waals surface area contributed by atoms with E-state index in [1.54, 1.807) is 11.8 Å². The summed E-state index contributed by atoms with van der Waals surface area (Å²) in [6.45, 7) is 5.18. The zero-order valence-electron chi connectivity index (χ0n) is 14.4. The molecule has 2 heterocycles. The largest absolute Gasteiger partial charge is 0.378 e. The van der Waals surface area contributed by atoms with Crippen molar-refractivity contribution in [1.29, 1.82) is 0 Å². The average molecular weight is 367 g/mol. The first-order chi connectivity index (χ1) is 11.6. The topological polar surface area (TPSA) is 50.4 Å². The smallest absolute Gasteiger partial charge is 0.234 e. The maximum absolute atomic E-state index is 11.5. The first-order valence-corrected chi connectivity index (χ1v) is 10.9. The van der Waals surface area contributed by atoms with E-state index in [9.17, 15) is 4.79 Å². The molecule has 4 rings (SSSR count). The predicted octanol–water partition coefficient (Wildman–Crippen LogP) is 4.18. The number of thioether (sulfide) groups is 1. The van der Waals surface area contributed by atoms with E-state index in [-0.39, 0.29) is 5.91 Å². The molecule has 1 aromatic rings. The maximum Gasteiger partial charge on any atom is 0.234 e. The van der Waals surface area contributed by atoms with E-state index in [0.717, 1.165) is 18.7 Å². The van der Waals surface area contributed by atoms with Crippen LogP contribution >= 0.6 is 23.1 Å². The molecule has 24 heavy (non-hydrogen) atoms. The second-order valence-corrected chi connectivity index (χ2v) is 9.58. The van der Waals surface area contributed by atoms with Gasteiger partial charge in [0.25, 0.3) is 0 Å². The van der Waals surface area contributed by atoms with Crippen LogP contribution in [0.5, 0.6) is 0 Å². The number of hydrogen-bond acceptors (Lipinski definition) is 5. The summed E-state index contributed by atoms with van der Waals surface area (Å²) in [7, 11) is 0. The molecule has 1 aromatic heterocycles. The highest BCUT2D eigenvalue weighted by Crippen LogP contribution is 2.55. The molecule has 0 bridgehead atoms. The zero-order chi connectivity index (χ0) is 16.7. The molecular weight excluding hydrogens is 340 g/mol. The van der Waals surface area contributed by atoms with Crippen molar-refractivity contribution in [3.8, 4) is 0 Å². The molecule has 2 saturated carbocycles. The third-order valence-corrected chi connectivity index (χ3v) is 8.50. The highest BCUT2D eigenvalue weighted by Gasteiger charge is 2.56. The summed E-state index contributed by atoms with van der Waals surface area (Å²) in [5.74, 6) is 0.650. The molecular formula is C18H26N2O2S2. The van der Waals surface area contributed by atoms with Crippen molar-refractivity contribution in [2.24, 2.45) is 5.41 Å². The fraction of sp³-hybridized carbons (Fsp3) is 0.722. The third kappa shape index (κ3) is 2.81. The lowest BCUT2D eigenvalue weighted by Gasteiger charge is -2.55. The summed E-state index contributed by atoms with van der Waals surface area (Å²) in [6.07, 6.45) is 6.86. The van der Waals surface area contributed by atoms with Gasteiger partial charge in [0.2, 0.25) is 5.91 Å². The molecule has 0 saturated heterocycles. The van der Waals surface area contributed by atoms with Crippen LogP contribution in [0.1, 0.15) is 56.9 Å². The van der Waals surface area contributed by atoms with Crippen LogP contribution in [0.4, 0.5) is 5.69 Å². The van der Waals surface area contributed by atoms with Crippen LogP contribution in [0.15, 0.2) is 10.3 Å². The number of amides is 1. The zero-order valence-corrected chi connectivity index (χ0v) is 16.0. The van der Waals surface area contributed by atoms with E-state index < -0.39 is 0 Å². The van der Waals surface area contributed by atoms with E-state index in [1.165, 1.54) is 34.8 Å². The summed E-state index contributed by atoms with van der Waals surface area (Å²) in [4.78, 5) is 12.9. The Kier molecular flexibility index (Phi) is 4.67. The number of fused-ring (bicyclic) bond motifs is 1. The normalized spacial score (nSPS) is 29.2. The van der Waals surface area contributed by atoms with Crippen LogP contribution in [-0.4, -0.2) is 30.4 Å². The van der Waals surface area contributed by atoms with Crippen LogP contribution < -0.4 is 10.6 Å². The molecule has 0 radical (unpaired) electrons. The van der Waals surface area contributed by atoms with Gasteiger partial charge in [-0.15, -0.1) is 23.1 Å². The van der Waals surface area contributed by atoms with Gasteiger partial charge in [0.05, 0.1) is 21.8 Å². The number of thiophene rings is 1. The molecule has 6 heteroatoms. The van der Waals surface area contributed by atoms with Crippen LogP contribution in [0, 0.1) is 5.41 Å². The van der Waals surface area contributed by atoms with Gasteiger partial charge in [-0.1, -0.05) is 12.8 Å². The van der Waals surface area contributed by atoms with Crippen molar-refractivity contribution in [1.82, 2.24) is 5.32 Å². The summed E-state index contributed by atoms with van der Waals surface area (Å²) in [5.41, 5.74) is 1.37. The number of carbonyl (C=O) groups is 1. The van der Waals surface area contributed by atoms with E-state index in [0.29, 0.717) is 29.4 Å². The Morgan fingerprint density at radius 1 is 1.46 bits per heavy atom. The second kappa shape index (κ2) is 6.63. The molecule has 2 N–H and O–H groups in total. The molecule has 0 unspecified atom stereocenters. The van der Waals surface area contributed by atoms with Crippen molar-refractivity contribution < 1.29 is 9.53 Å². The van der Waals surface area contributed by atoms with Crippen LogP contribution in [-0.2, 0) is 9.53 Å². The quantitative estimate of drug-likeness (QED) is 0.821. The number of nitrogens with one attached hydrogen (secondary N) is 2. The van der Waals surface area contributed by atoms with Gasteiger partial charge in [-0.3, -0.25) is 4.79 Å². The Labute approximate surface area is 152 Å². The first kappa shape index (κ1) is 16.9. The lowest BCUT2D eigenvalue weighted by molar-refractivity contribution is -0.132. The highest BCUT2D eigenvalue weighted by atomic mass is 32.2. The first-order valence-electron chi connectivity index (χ1n) is 9.06. The monoisotopic (exact) mass is 366 g/mol. The Morgan fingerprint density at radius 3 is 3.00 bits per heavy atom. The molecule has 2 fully saturated rings. The lowest BCUT2D eigenvalue weighted by atomic mass is 9.60. The van der Waals surface area contributed by atoms with E-state index in [4.69, 9.17) is 4.74 Å². The molecule has 1 aliphatic heterocycles. The lowest BCUT2D eigenvalue weighted by Crippen LogP contribution is -2.62. The van der Waals surface area contributed by atoms with Crippen molar-refractivity contribution in [2.75, 3.05) is 17.7 Å². The molecule has 0 aromatic carbocycles. The number of ether oxygens (including phenoxy) is 1. The third-order valence-electron chi connectivity index (χ3n) is 5.89. The number of carbonyl (C=O) groups excluding carboxylic acids is 1.